The van der Waals surface area contributed by atoms with E-state index in [4.69, 9.17) is 4.52 Å². The number of hydrogen-bond acceptors (Lipinski definition) is 1. The third-order valence-electron chi connectivity index (χ3n) is 3.16. The Morgan fingerprint density at radius 2 is 1.33 bits per heavy atom. The standard InChI is InChI=1S/C16H19OP/c18-17-13-7-12-16(14-8-3-1-4-9-14)15-10-5-2-6-11-15/h1-6,8-11,16H,7,12-13,18H2. The van der Waals surface area contributed by atoms with Crippen molar-refractivity contribution in [1.82, 2.24) is 0 Å². The number of hydrogen-bond donors (Lipinski definition) is 0. The Kier molecular flexibility index (Phi) is 5.38. The average Bonchev–Trinajstić information content (AvgIpc) is 2.46. The first kappa shape index (κ1) is 13.3. The molecule has 0 radical (unpaired) electrons. The summed E-state index contributed by atoms with van der Waals surface area (Å²) in [6.07, 6.45) is 2.18. The SMILES string of the molecule is POCCCC(c1ccccc1)c1ccccc1. The van der Waals surface area contributed by atoms with Gasteiger partial charge in [0.15, 0.2) is 0 Å². The maximum Gasteiger partial charge on any atom is 0.0502 e. The van der Waals surface area contributed by atoms with Gasteiger partial charge in [0.2, 0.25) is 0 Å². The van der Waals surface area contributed by atoms with Crippen LogP contribution in [0, 0.1) is 0 Å². The van der Waals surface area contributed by atoms with Gasteiger partial charge in [0.1, 0.15) is 0 Å². The fourth-order valence-corrected chi connectivity index (χ4v) is 2.43. The van der Waals surface area contributed by atoms with Crippen molar-refractivity contribution in [2.75, 3.05) is 6.61 Å². The van der Waals surface area contributed by atoms with E-state index in [0.29, 0.717) is 5.92 Å². The largest absolute Gasteiger partial charge is 0.366 e. The van der Waals surface area contributed by atoms with E-state index in [0.717, 1.165) is 19.4 Å². The van der Waals surface area contributed by atoms with Crippen LogP contribution in [0.3, 0.4) is 0 Å². The Balaban J connectivity index is 2.18. The molecule has 0 heterocycles. The van der Waals surface area contributed by atoms with Crippen LogP contribution in [0.2, 0.25) is 0 Å². The van der Waals surface area contributed by atoms with Crippen LogP contribution in [0.5, 0.6) is 0 Å². The zero-order valence-corrected chi connectivity index (χ0v) is 11.6. The van der Waals surface area contributed by atoms with Gasteiger partial charge in [-0.25, -0.2) is 0 Å². The van der Waals surface area contributed by atoms with Gasteiger partial charge in [0.25, 0.3) is 0 Å². The smallest absolute Gasteiger partial charge is 0.0502 e. The molecule has 0 aliphatic rings. The van der Waals surface area contributed by atoms with Gasteiger partial charge in [-0.2, -0.15) is 0 Å². The maximum atomic E-state index is 5.08. The molecule has 1 nitrogen and oxygen atoms in total. The van der Waals surface area contributed by atoms with Gasteiger partial charge in [-0.1, -0.05) is 60.7 Å². The van der Waals surface area contributed by atoms with Crippen LogP contribution < -0.4 is 0 Å². The summed E-state index contributed by atoms with van der Waals surface area (Å²) in [5, 5.41) is 0. The summed E-state index contributed by atoms with van der Waals surface area (Å²) < 4.78 is 5.08. The van der Waals surface area contributed by atoms with Gasteiger partial charge in [0, 0.05) is 15.4 Å². The summed E-state index contributed by atoms with van der Waals surface area (Å²) >= 11 is 0. The third kappa shape index (κ3) is 3.66. The lowest BCUT2D eigenvalue weighted by Crippen LogP contribution is -2.02. The molecule has 0 aliphatic heterocycles. The van der Waals surface area contributed by atoms with E-state index in [1.807, 2.05) is 0 Å². The minimum absolute atomic E-state index is 0.465. The van der Waals surface area contributed by atoms with Crippen molar-refractivity contribution in [2.24, 2.45) is 0 Å². The van der Waals surface area contributed by atoms with Crippen molar-refractivity contribution in [2.45, 2.75) is 18.8 Å². The molecule has 0 saturated heterocycles. The molecule has 18 heavy (non-hydrogen) atoms. The van der Waals surface area contributed by atoms with Crippen molar-refractivity contribution in [3.05, 3.63) is 71.8 Å². The van der Waals surface area contributed by atoms with Crippen molar-refractivity contribution in [3.63, 3.8) is 0 Å². The molecule has 2 aromatic carbocycles. The van der Waals surface area contributed by atoms with Crippen molar-refractivity contribution in [3.8, 4) is 0 Å². The second kappa shape index (κ2) is 7.31. The van der Waals surface area contributed by atoms with Crippen LogP contribution in [-0.2, 0) is 4.52 Å². The van der Waals surface area contributed by atoms with Gasteiger partial charge < -0.3 is 4.52 Å². The highest BCUT2D eigenvalue weighted by atomic mass is 31.0. The van der Waals surface area contributed by atoms with E-state index in [2.05, 4.69) is 70.1 Å². The molecule has 94 valence electrons. The lowest BCUT2D eigenvalue weighted by atomic mass is 9.88. The summed E-state index contributed by atoms with van der Waals surface area (Å²) in [4.78, 5) is 0. The van der Waals surface area contributed by atoms with Crippen LogP contribution in [0.15, 0.2) is 60.7 Å². The number of benzene rings is 2. The van der Waals surface area contributed by atoms with E-state index in [-0.39, 0.29) is 0 Å². The molecule has 0 spiro atoms. The normalized spacial score (nSPS) is 10.8. The fourth-order valence-electron chi connectivity index (χ4n) is 2.27. The molecule has 2 aromatic rings. The van der Waals surface area contributed by atoms with E-state index < -0.39 is 0 Å². The van der Waals surface area contributed by atoms with Crippen LogP contribution in [0.1, 0.15) is 29.9 Å². The lowest BCUT2D eigenvalue weighted by Gasteiger charge is -2.17. The highest BCUT2D eigenvalue weighted by molar-refractivity contribution is 7.09. The molecular weight excluding hydrogens is 239 g/mol. The van der Waals surface area contributed by atoms with Crippen molar-refractivity contribution in [1.29, 1.82) is 0 Å². The highest BCUT2D eigenvalue weighted by Gasteiger charge is 2.12. The Morgan fingerprint density at radius 1 is 0.833 bits per heavy atom. The Labute approximate surface area is 111 Å². The third-order valence-corrected chi connectivity index (χ3v) is 3.39. The summed E-state index contributed by atoms with van der Waals surface area (Å²) in [6, 6.07) is 21.4. The van der Waals surface area contributed by atoms with E-state index in [1.54, 1.807) is 0 Å². The van der Waals surface area contributed by atoms with Crippen LogP contribution in [0.4, 0.5) is 0 Å². The van der Waals surface area contributed by atoms with Gasteiger partial charge >= 0.3 is 0 Å². The zero-order valence-electron chi connectivity index (χ0n) is 10.5. The second-order valence-electron chi connectivity index (χ2n) is 4.39. The molecule has 0 aromatic heterocycles. The Bertz CT molecular complexity index is 402. The summed E-state index contributed by atoms with van der Waals surface area (Å²) in [5.41, 5.74) is 2.76. The van der Waals surface area contributed by atoms with Gasteiger partial charge in [-0.15, -0.1) is 0 Å². The lowest BCUT2D eigenvalue weighted by molar-refractivity contribution is 0.353. The van der Waals surface area contributed by atoms with E-state index in [1.165, 1.54) is 11.1 Å². The van der Waals surface area contributed by atoms with Crippen LogP contribution in [-0.4, -0.2) is 6.61 Å². The van der Waals surface area contributed by atoms with Crippen molar-refractivity contribution < 1.29 is 4.52 Å². The topological polar surface area (TPSA) is 9.23 Å². The molecule has 1 atom stereocenters. The molecule has 0 fully saturated rings. The molecular formula is C16H19OP. The first-order valence-electron chi connectivity index (χ1n) is 6.33. The number of rotatable bonds is 6. The summed E-state index contributed by atoms with van der Waals surface area (Å²) in [7, 11) is 2.32. The quantitative estimate of drug-likeness (QED) is 0.551. The first-order chi connectivity index (χ1) is 8.92. The highest BCUT2D eigenvalue weighted by Crippen LogP contribution is 2.28. The monoisotopic (exact) mass is 258 g/mol. The Morgan fingerprint density at radius 3 is 1.78 bits per heavy atom. The average molecular weight is 258 g/mol. The van der Waals surface area contributed by atoms with Crippen LogP contribution in [0.25, 0.3) is 0 Å². The predicted molar refractivity (Wildman–Crippen MR) is 79.6 cm³/mol. The second-order valence-corrected chi connectivity index (χ2v) is 4.72. The van der Waals surface area contributed by atoms with E-state index >= 15 is 0 Å². The Hall–Kier alpha value is -1.17. The minimum Gasteiger partial charge on any atom is -0.366 e. The van der Waals surface area contributed by atoms with Crippen LogP contribution >= 0.6 is 9.47 Å². The van der Waals surface area contributed by atoms with E-state index in [9.17, 15) is 0 Å². The minimum atomic E-state index is 0.465. The fraction of sp³-hybridized carbons (Fsp3) is 0.250. The van der Waals surface area contributed by atoms with Crippen molar-refractivity contribution >= 4 is 9.47 Å². The van der Waals surface area contributed by atoms with Gasteiger partial charge in [-0.3, -0.25) is 0 Å². The molecule has 0 saturated carbocycles. The molecule has 2 heteroatoms. The van der Waals surface area contributed by atoms with Gasteiger partial charge in [0.05, 0.1) is 6.61 Å². The molecule has 1 unspecified atom stereocenters. The molecule has 0 amide bonds. The van der Waals surface area contributed by atoms with Gasteiger partial charge in [-0.05, 0) is 24.0 Å². The zero-order chi connectivity index (χ0) is 12.6. The first-order valence-corrected chi connectivity index (χ1v) is 6.80. The molecule has 0 N–H and O–H groups in total. The summed E-state index contributed by atoms with van der Waals surface area (Å²) in [6.45, 7) is 0.792. The molecule has 2 rings (SSSR count). The molecule has 0 aliphatic carbocycles. The molecule has 0 bridgehead atoms. The predicted octanol–water partition coefficient (Wildman–Crippen LogP) is 4.41. The summed E-state index contributed by atoms with van der Waals surface area (Å²) in [5.74, 6) is 0.465. The maximum absolute atomic E-state index is 5.08.